The van der Waals surface area contributed by atoms with Crippen LogP contribution in [0.25, 0.3) is 6.08 Å². The van der Waals surface area contributed by atoms with Gasteiger partial charge in [-0.1, -0.05) is 57.2 Å². The number of benzene rings is 1. The lowest BCUT2D eigenvalue weighted by Gasteiger charge is -2.25. The van der Waals surface area contributed by atoms with Gasteiger partial charge < -0.3 is 4.74 Å². The summed E-state index contributed by atoms with van der Waals surface area (Å²) in [5.74, 6) is -0.945. The van der Waals surface area contributed by atoms with Crippen LogP contribution < -0.4 is 0 Å². The van der Waals surface area contributed by atoms with Crippen molar-refractivity contribution in [1.82, 2.24) is 0 Å². The summed E-state index contributed by atoms with van der Waals surface area (Å²) < 4.78 is 5.15. The lowest BCUT2D eigenvalue weighted by atomic mass is 9.79. The van der Waals surface area contributed by atoms with Gasteiger partial charge in [0.2, 0.25) is 0 Å². The molecule has 120 valence electrons. The molecule has 0 heterocycles. The molecule has 1 aromatic rings. The highest BCUT2D eigenvalue weighted by atomic mass is 16.5. The van der Waals surface area contributed by atoms with Crippen LogP contribution in [0.15, 0.2) is 36.4 Å². The first-order valence-electron chi connectivity index (χ1n) is 7.94. The summed E-state index contributed by atoms with van der Waals surface area (Å²) in [6.45, 7) is 7.98. The monoisotopic (exact) mass is 302 g/mol. The number of ether oxygens (including phenoxy) is 1. The molecule has 2 atom stereocenters. The lowest BCUT2D eigenvalue weighted by Crippen LogP contribution is -2.34. The SMILES string of the molecule is CCOC(=O)C(C(C)C)C(CC)C(=O)C=Cc1ccccc1. The van der Waals surface area contributed by atoms with Gasteiger partial charge >= 0.3 is 5.97 Å². The number of ketones is 1. The Labute approximate surface area is 133 Å². The van der Waals surface area contributed by atoms with Crippen LogP contribution in [0.3, 0.4) is 0 Å². The van der Waals surface area contributed by atoms with E-state index in [0.29, 0.717) is 13.0 Å². The van der Waals surface area contributed by atoms with Crippen molar-refractivity contribution in [2.45, 2.75) is 34.1 Å². The number of hydrogen-bond acceptors (Lipinski definition) is 3. The molecular weight excluding hydrogens is 276 g/mol. The van der Waals surface area contributed by atoms with Gasteiger partial charge in [-0.2, -0.15) is 0 Å². The van der Waals surface area contributed by atoms with Crippen molar-refractivity contribution in [3.05, 3.63) is 42.0 Å². The van der Waals surface area contributed by atoms with Gasteiger partial charge in [0.15, 0.2) is 5.78 Å². The highest BCUT2D eigenvalue weighted by Gasteiger charge is 2.34. The van der Waals surface area contributed by atoms with Crippen LogP contribution in [0.4, 0.5) is 0 Å². The molecule has 0 N–H and O–H groups in total. The van der Waals surface area contributed by atoms with Gasteiger partial charge in [-0.15, -0.1) is 0 Å². The molecule has 0 saturated carbocycles. The molecule has 0 bridgehead atoms. The Morgan fingerprint density at radius 3 is 2.27 bits per heavy atom. The van der Waals surface area contributed by atoms with Crippen molar-refractivity contribution in [3.63, 3.8) is 0 Å². The van der Waals surface area contributed by atoms with E-state index in [4.69, 9.17) is 4.74 Å². The Balaban J connectivity index is 2.89. The van der Waals surface area contributed by atoms with E-state index in [2.05, 4.69) is 0 Å². The number of esters is 1. The number of hydrogen-bond donors (Lipinski definition) is 0. The highest BCUT2D eigenvalue weighted by molar-refractivity contribution is 5.97. The molecule has 0 radical (unpaired) electrons. The van der Waals surface area contributed by atoms with Gasteiger partial charge in [-0.3, -0.25) is 9.59 Å². The Bertz CT molecular complexity index is 503. The zero-order valence-electron chi connectivity index (χ0n) is 13.9. The van der Waals surface area contributed by atoms with E-state index in [0.717, 1.165) is 5.56 Å². The van der Waals surface area contributed by atoms with Crippen LogP contribution >= 0.6 is 0 Å². The van der Waals surface area contributed by atoms with E-state index in [-0.39, 0.29) is 23.6 Å². The van der Waals surface area contributed by atoms with Gasteiger partial charge in [0.25, 0.3) is 0 Å². The normalized spacial score (nSPS) is 14.0. The van der Waals surface area contributed by atoms with Crippen molar-refractivity contribution in [2.75, 3.05) is 6.61 Å². The zero-order chi connectivity index (χ0) is 16.5. The Hall–Kier alpha value is -1.90. The predicted molar refractivity (Wildman–Crippen MR) is 89.2 cm³/mol. The third-order valence-corrected chi connectivity index (χ3v) is 3.76. The zero-order valence-corrected chi connectivity index (χ0v) is 13.9. The second-order valence-corrected chi connectivity index (χ2v) is 5.68. The van der Waals surface area contributed by atoms with Crippen molar-refractivity contribution in [2.24, 2.45) is 17.8 Å². The maximum Gasteiger partial charge on any atom is 0.309 e. The summed E-state index contributed by atoms with van der Waals surface area (Å²) in [6.07, 6.45) is 4.01. The van der Waals surface area contributed by atoms with Crippen LogP contribution in [0.5, 0.6) is 0 Å². The first kappa shape index (κ1) is 18.1. The average molecular weight is 302 g/mol. The van der Waals surface area contributed by atoms with Gasteiger partial charge in [-0.25, -0.2) is 0 Å². The standard InChI is InChI=1S/C19H26O3/c1-5-16(18(14(3)4)19(21)22-6-2)17(20)13-12-15-10-8-7-9-11-15/h7-14,16,18H,5-6H2,1-4H3. The molecule has 0 aliphatic rings. The molecule has 1 aromatic carbocycles. The predicted octanol–water partition coefficient (Wildman–Crippen LogP) is 4.13. The lowest BCUT2D eigenvalue weighted by molar-refractivity contribution is -0.153. The number of carbonyl (C=O) groups excluding carboxylic acids is 2. The fourth-order valence-corrected chi connectivity index (χ4v) is 2.64. The number of rotatable bonds is 8. The van der Waals surface area contributed by atoms with E-state index >= 15 is 0 Å². The van der Waals surface area contributed by atoms with E-state index in [9.17, 15) is 9.59 Å². The van der Waals surface area contributed by atoms with Crippen molar-refractivity contribution in [3.8, 4) is 0 Å². The smallest absolute Gasteiger partial charge is 0.309 e. The summed E-state index contributed by atoms with van der Waals surface area (Å²) in [7, 11) is 0. The summed E-state index contributed by atoms with van der Waals surface area (Å²) in [4.78, 5) is 24.7. The van der Waals surface area contributed by atoms with Crippen LogP contribution in [-0.2, 0) is 14.3 Å². The number of allylic oxidation sites excluding steroid dienone is 1. The fourth-order valence-electron chi connectivity index (χ4n) is 2.64. The molecule has 0 spiro atoms. The van der Waals surface area contributed by atoms with Crippen LogP contribution in [0.2, 0.25) is 0 Å². The van der Waals surface area contributed by atoms with Crippen molar-refractivity contribution in [1.29, 1.82) is 0 Å². The van der Waals surface area contributed by atoms with Crippen LogP contribution in [0.1, 0.15) is 39.7 Å². The molecule has 2 unspecified atom stereocenters. The molecule has 22 heavy (non-hydrogen) atoms. The van der Waals surface area contributed by atoms with Crippen molar-refractivity contribution >= 4 is 17.8 Å². The van der Waals surface area contributed by atoms with Gasteiger partial charge in [-0.05, 0) is 30.9 Å². The van der Waals surface area contributed by atoms with Crippen LogP contribution in [-0.4, -0.2) is 18.4 Å². The molecule has 0 amide bonds. The van der Waals surface area contributed by atoms with Gasteiger partial charge in [0, 0.05) is 5.92 Å². The maximum absolute atomic E-state index is 12.5. The molecule has 3 nitrogen and oxygen atoms in total. The van der Waals surface area contributed by atoms with Gasteiger partial charge in [0.05, 0.1) is 12.5 Å². The molecule has 0 aliphatic heterocycles. The minimum atomic E-state index is -0.391. The van der Waals surface area contributed by atoms with Crippen molar-refractivity contribution < 1.29 is 14.3 Å². The summed E-state index contributed by atoms with van der Waals surface area (Å²) in [5.41, 5.74) is 0.975. The second-order valence-electron chi connectivity index (χ2n) is 5.68. The minimum Gasteiger partial charge on any atom is -0.466 e. The quantitative estimate of drug-likeness (QED) is 0.535. The van der Waals surface area contributed by atoms with Crippen LogP contribution in [0, 0.1) is 17.8 Å². The second kappa shape index (κ2) is 9.19. The van der Waals surface area contributed by atoms with E-state index in [1.807, 2.05) is 51.1 Å². The fraction of sp³-hybridized carbons (Fsp3) is 0.474. The first-order chi connectivity index (χ1) is 10.5. The van der Waals surface area contributed by atoms with E-state index in [1.54, 1.807) is 19.1 Å². The molecule has 3 heteroatoms. The summed E-state index contributed by atoms with van der Waals surface area (Å²) >= 11 is 0. The molecule has 1 rings (SSSR count). The molecule has 0 aliphatic carbocycles. The van der Waals surface area contributed by atoms with E-state index in [1.165, 1.54) is 0 Å². The first-order valence-corrected chi connectivity index (χ1v) is 7.94. The molecular formula is C19H26O3. The molecule has 0 fully saturated rings. The maximum atomic E-state index is 12.5. The topological polar surface area (TPSA) is 43.4 Å². The molecule has 0 saturated heterocycles. The Kier molecular flexibility index (Phi) is 7.58. The largest absolute Gasteiger partial charge is 0.466 e. The summed E-state index contributed by atoms with van der Waals surface area (Å²) in [6, 6.07) is 9.67. The third kappa shape index (κ3) is 5.14. The average Bonchev–Trinajstić information content (AvgIpc) is 2.50. The minimum absolute atomic E-state index is 0.0156. The Morgan fingerprint density at radius 1 is 1.14 bits per heavy atom. The third-order valence-electron chi connectivity index (χ3n) is 3.76. The summed E-state index contributed by atoms with van der Waals surface area (Å²) in [5, 5.41) is 0. The highest BCUT2D eigenvalue weighted by Crippen LogP contribution is 2.27. The Morgan fingerprint density at radius 2 is 1.77 bits per heavy atom. The van der Waals surface area contributed by atoms with Gasteiger partial charge in [0.1, 0.15) is 0 Å². The van der Waals surface area contributed by atoms with E-state index < -0.39 is 5.92 Å². The number of carbonyl (C=O) groups is 2. The molecule has 0 aromatic heterocycles.